The lowest BCUT2D eigenvalue weighted by atomic mass is 10.2. The first-order valence-corrected chi connectivity index (χ1v) is 6.23. The molecule has 1 unspecified atom stereocenters. The Morgan fingerprint density at radius 3 is 3.06 bits per heavy atom. The van der Waals surface area contributed by atoms with Gasteiger partial charge in [-0.15, -0.1) is 0 Å². The zero-order valence-electron chi connectivity index (χ0n) is 9.60. The quantitative estimate of drug-likeness (QED) is 0.769. The van der Waals surface area contributed by atoms with Crippen LogP contribution in [0, 0.1) is 0 Å². The molecule has 92 valence electrons. The number of hydrogen-bond donors (Lipinski definition) is 1. The van der Waals surface area contributed by atoms with E-state index < -0.39 is 0 Å². The summed E-state index contributed by atoms with van der Waals surface area (Å²) in [6.07, 6.45) is 0. The highest BCUT2D eigenvalue weighted by Crippen LogP contribution is 2.31. The van der Waals surface area contributed by atoms with Crippen molar-refractivity contribution in [1.82, 2.24) is 4.90 Å². The fourth-order valence-electron chi connectivity index (χ4n) is 2.53. The average molecular weight is 254 g/mol. The van der Waals surface area contributed by atoms with Crippen LogP contribution in [-0.2, 0) is 4.74 Å². The maximum atomic E-state index is 6.24. The first-order chi connectivity index (χ1) is 8.24. The number of benzene rings is 1. The van der Waals surface area contributed by atoms with Crippen molar-refractivity contribution in [2.75, 3.05) is 43.6 Å². The summed E-state index contributed by atoms with van der Waals surface area (Å²) in [5.74, 6) is 0. The lowest BCUT2D eigenvalue weighted by molar-refractivity contribution is 0.0163. The molecule has 5 heteroatoms. The van der Waals surface area contributed by atoms with E-state index in [2.05, 4.69) is 9.80 Å². The Morgan fingerprint density at radius 1 is 1.41 bits per heavy atom. The number of halogens is 1. The molecular formula is C12H16ClN3O. The van der Waals surface area contributed by atoms with Gasteiger partial charge >= 0.3 is 0 Å². The van der Waals surface area contributed by atoms with Crippen molar-refractivity contribution in [1.29, 1.82) is 0 Å². The number of nitrogen functional groups attached to an aromatic ring is 1. The fourth-order valence-corrected chi connectivity index (χ4v) is 2.84. The molecule has 0 bridgehead atoms. The summed E-state index contributed by atoms with van der Waals surface area (Å²) in [5.41, 5.74) is 7.48. The standard InChI is InChI=1S/C12H16ClN3O/c13-11-5-9(14)1-2-12(11)16-6-10-7-17-4-3-15(10)8-16/h1-2,5,10H,3-4,6-8,14H2. The maximum Gasteiger partial charge on any atom is 0.0712 e. The van der Waals surface area contributed by atoms with Crippen molar-refractivity contribution in [3.63, 3.8) is 0 Å². The van der Waals surface area contributed by atoms with Gasteiger partial charge in [0.2, 0.25) is 0 Å². The fraction of sp³-hybridized carbons (Fsp3) is 0.500. The number of rotatable bonds is 1. The summed E-state index contributed by atoms with van der Waals surface area (Å²) in [5, 5.41) is 0.728. The van der Waals surface area contributed by atoms with Crippen LogP contribution < -0.4 is 10.6 Å². The zero-order valence-corrected chi connectivity index (χ0v) is 10.4. The molecule has 2 N–H and O–H groups in total. The molecule has 0 spiro atoms. The zero-order chi connectivity index (χ0) is 11.8. The van der Waals surface area contributed by atoms with Crippen molar-refractivity contribution in [2.45, 2.75) is 6.04 Å². The van der Waals surface area contributed by atoms with Gasteiger partial charge in [-0.05, 0) is 18.2 Å². The molecule has 2 saturated heterocycles. The predicted octanol–water partition coefficient (Wildman–Crippen LogP) is 1.40. The minimum Gasteiger partial charge on any atom is -0.399 e. The van der Waals surface area contributed by atoms with Crippen molar-refractivity contribution in [2.24, 2.45) is 0 Å². The first kappa shape index (κ1) is 11.1. The molecule has 0 saturated carbocycles. The maximum absolute atomic E-state index is 6.24. The van der Waals surface area contributed by atoms with E-state index in [0.29, 0.717) is 11.7 Å². The molecule has 2 aliphatic heterocycles. The summed E-state index contributed by atoms with van der Waals surface area (Å²) >= 11 is 6.24. The molecule has 3 rings (SSSR count). The van der Waals surface area contributed by atoms with Gasteiger partial charge < -0.3 is 15.4 Å². The van der Waals surface area contributed by atoms with Crippen LogP contribution in [0.2, 0.25) is 5.02 Å². The average Bonchev–Trinajstić information content (AvgIpc) is 2.72. The summed E-state index contributed by atoms with van der Waals surface area (Å²) in [6.45, 7) is 4.57. The Morgan fingerprint density at radius 2 is 2.29 bits per heavy atom. The summed E-state index contributed by atoms with van der Waals surface area (Å²) < 4.78 is 5.50. The van der Waals surface area contributed by atoms with Crippen molar-refractivity contribution in [3.05, 3.63) is 23.2 Å². The van der Waals surface area contributed by atoms with Crippen LogP contribution in [-0.4, -0.2) is 43.9 Å². The second-order valence-electron chi connectivity index (χ2n) is 4.62. The highest BCUT2D eigenvalue weighted by molar-refractivity contribution is 6.33. The van der Waals surface area contributed by atoms with Gasteiger partial charge in [-0.25, -0.2) is 0 Å². The summed E-state index contributed by atoms with van der Waals surface area (Å²) in [4.78, 5) is 4.73. The number of ether oxygens (including phenoxy) is 1. The van der Waals surface area contributed by atoms with E-state index in [4.69, 9.17) is 22.1 Å². The van der Waals surface area contributed by atoms with Gasteiger partial charge in [0.15, 0.2) is 0 Å². The third kappa shape index (κ3) is 2.08. The van der Waals surface area contributed by atoms with Crippen LogP contribution in [0.4, 0.5) is 11.4 Å². The Balaban J connectivity index is 1.81. The number of nitrogens with zero attached hydrogens (tertiary/aromatic N) is 2. The number of fused-ring (bicyclic) bond motifs is 1. The molecule has 1 aromatic rings. The third-order valence-corrected chi connectivity index (χ3v) is 3.75. The molecule has 2 fully saturated rings. The van der Waals surface area contributed by atoms with Crippen molar-refractivity contribution >= 4 is 23.0 Å². The topological polar surface area (TPSA) is 41.7 Å². The summed E-state index contributed by atoms with van der Waals surface area (Å²) in [6, 6.07) is 6.20. The van der Waals surface area contributed by atoms with Gasteiger partial charge in [0.05, 0.1) is 36.6 Å². The normalized spacial score (nSPS) is 25.0. The molecule has 1 atom stereocenters. The van der Waals surface area contributed by atoms with Gasteiger partial charge in [-0.3, -0.25) is 4.90 Å². The van der Waals surface area contributed by atoms with Crippen LogP contribution in [0.3, 0.4) is 0 Å². The molecule has 2 heterocycles. The van der Waals surface area contributed by atoms with E-state index in [1.807, 2.05) is 18.2 Å². The largest absolute Gasteiger partial charge is 0.399 e. The van der Waals surface area contributed by atoms with E-state index in [1.54, 1.807) is 0 Å². The first-order valence-electron chi connectivity index (χ1n) is 5.86. The van der Waals surface area contributed by atoms with E-state index in [1.165, 1.54) is 0 Å². The molecule has 17 heavy (non-hydrogen) atoms. The van der Waals surface area contributed by atoms with Crippen molar-refractivity contribution in [3.8, 4) is 0 Å². The van der Waals surface area contributed by atoms with E-state index >= 15 is 0 Å². The molecule has 4 nitrogen and oxygen atoms in total. The van der Waals surface area contributed by atoms with Gasteiger partial charge in [0.1, 0.15) is 0 Å². The summed E-state index contributed by atoms with van der Waals surface area (Å²) in [7, 11) is 0. The van der Waals surface area contributed by atoms with E-state index in [-0.39, 0.29) is 0 Å². The van der Waals surface area contributed by atoms with Crippen molar-refractivity contribution < 1.29 is 4.74 Å². The van der Waals surface area contributed by atoms with Gasteiger partial charge in [0, 0.05) is 18.8 Å². The lowest BCUT2D eigenvalue weighted by Crippen LogP contribution is -2.41. The minimum absolute atomic E-state index is 0.498. The van der Waals surface area contributed by atoms with Gasteiger partial charge in [-0.2, -0.15) is 0 Å². The monoisotopic (exact) mass is 253 g/mol. The van der Waals surface area contributed by atoms with Gasteiger partial charge in [-0.1, -0.05) is 11.6 Å². The van der Waals surface area contributed by atoms with E-state index in [9.17, 15) is 0 Å². The third-order valence-electron chi connectivity index (χ3n) is 3.45. The Hall–Kier alpha value is -0.970. The lowest BCUT2D eigenvalue weighted by Gasteiger charge is -2.27. The van der Waals surface area contributed by atoms with Crippen LogP contribution in [0.25, 0.3) is 0 Å². The number of nitrogens with two attached hydrogens (primary N) is 1. The smallest absolute Gasteiger partial charge is 0.0712 e. The number of hydrogen-bond acceptors (Lipinski definition) is 4. The SMILES string of the molecule is Nc1ccc(N2CC3COCCN3C2)c(Cl)c1. The molecule has 0 amide bonds. The Bertz CT molecular complexity index is 412. The molecule has 1 aromatic carbocycles. The second kappa shape index (κ2) is 4.37. The highest BCUT2D eigenvalue weighted by atomic mass is 35.5. The van der Waals surface area contributed by atoms with Crippen LogP contribution in [0.5, 0.6) is 0 Å². The number of morpholine rings is 1. The number of anilines is 2. The Labute approximate surface area is 106 Å². The molecule has 0 aliphatic carbocycles. The minimum atomic E-state index is 0.498. The van der Waals surface area contributed by atoms with Gasteiger partial charge in [0.25, 0.3) is 0 Å². The highest BCUT2D eigenvalue weighted by Gasteiger charge is 2.33. The molecule has 0 radical (unpaired) electrons. The molecular weight excluding hydrogens is 238 g/mol. The second-order valence-corrected chi connectivity index (χ2v) is 5.02. The predicted molar refractivity (Wildman–Crippen MR) is 69.4 cm³/mol. The van der Waals surface area contributed by atoms with Crippen LogP contribution in [0.1, 0.15) is 0 Å². The molecule has 2 aliphatic rings. The van der Waals surface area contributed by atoms with Crippen LogP contribution in [0.15, 0.2) is 18.2 Å². The van der Waals surface area contributed by atoms with Crippen LogP contribution >= 0.6 is 11.6 Å². The van der Waals surface area contributed by atoms with E-state index in [0.717, 1.165) is 43.7 Å². The Kier molecular flexibility index (Phi) is 2.86. The molecule has 0 aromatic heterocycles.